The molecule has 0 saturated heterocycles. The zero-order chi connectivity index (χ0) is 25.9. The summed E-state index contributed by atoms with van der Waals surface area (Å²) in [6.07, 6.45) is 8.83. The molecule has 0 aliphatic heterocycles. The molecular formula is C29H32Cl2FN5O2. The number of carbonyl (C=O) groups excluding carboxylic acids is 1. The van der Waals surface area contributed by atoms with Crippen molar-refractivity contribution in [3.05, 3.63) is 101 Å². The third kappa shape index (κ3) is 6.57. The number of nitrogens with zero attached hydrogens (tertiary/aromatic N) is 5. The molecule has 1 aromatic carbocycles. The number of benzene rings is 1. The van der Waals surface area contributed by atoms with E-state index in [2.05, 4.69) is 28.9 Å². The minimum atomic E-state index is -0.691. The fourth-order valence-electron chi connectivity index (χ4n) is 4.94. The number of phenols is 1. The van der Waals surface area contributed by atoms with Crippen molar-refractivity contribution in [2.24, 2.45) is 0 Å². The molecule has 5 rings (SSSR count). The second-order valence-corrected chi connectivity index (χ2v) is 9.79. The van der Waals surface area contributed by atoms with Gasteiger partial charge in [-0.1, -0.05) is 19.9 Å². The van der Waals surface area contributed by atoms with E-state index in [1.54, 1.807) is 28.2 Å². The Labute approximate surface area is 239 Å². The average molecular weight is 573 g/mol. The first-order valence-corrected chi connectivity index (χ1v) is 12.6. The van der Waals surface area contributed by atoms with E-state index in [1.165, 1.54) is 12.1 Å². The number of halogens is 3. The van der Waals surface area contributed by atoms with Crippen molar-refractivity contribution in [2.75, 3.05) is 4.90 Å². The van der Waals surface area contributed by atoms with Gasteiger partial charge in [0.1, 0.15) is 11.6 Å². The highest BCUT2D eigenvalue weighted by Crippen LogP contribution is 2.40. The van der Waals surface area contributed by atoms with Gasteiger partial charge in [-0.3, -0.25) is 19.4 Å². The Morgan fingerprint density at radius 1 is 1.13 bits per heavy atom. The van der Waals surface area contributed by atoms with Crippen LogP contribution in [0.4, 0.5) is 10.1 Å². The number of aromatic nitrogens is 4. The predicted octanol–water partition coefficient (Wildman–Crippen LogP) is 6.19. The molecule has 0 saturated carbocycles. The van der Waals surface area contributed by atoms with E-state index in [-0.39, 0.29) is 48.9 Å². The maximum absolute atomic E-state index is 15.0. The van der Waals surface area contributed by atoms with Gasteiger partial charge >= 0.3 is 0 Å². The van der Waals surface area contributed by atoms with E-state index in [9.17, 15) is 14.3 Å². The van der Waals surface area contributed by atoms with Crippen LogP contribution < -0.4 is 4.90 Å². The molecule has 10 heteroatoms. The lowest BCUT2D eigenvalue weighted by molar-refractivity contribution is -0.120. The van der Waals surface area contributed by atoms with Gasteiger partial charge in [0.2, 0.25) is 5.91 Å². The lowest BCUT2D eigenvalue weighted by Gasteiger charge is -2.31. The number of phenolic OH excluding ortho intramolecular Hbond substituents is 1. The van der Waals surface area contributed by atoms with Crippen LogP contribution in [0.5, 0.6) is 5.75 Å². The second-order valence-electron chi connectivity index (χ2n) is 9.79. The number of hydrogen-bond donors (Lipinski definition) is 1. The molecule has 1 unspecified atom stereocenters. The quantitative estimate of drug-likeness (QED) is 0.286. The molecule has 1 amide bonds. The van der Waals surface area contributed by atoms with Crippen LogP contribution in [0.1, 0.15) is 66.6 Å². The first-order valence-electron chi connectivity index (χ1n) is 12.6. The number of aromatic hydroxyl groups is 1. The molecule has 7 nitrogen and oxygen atoms in total. The first-order chi connectivity index (χ1) is 17.9. The molecule has 1 aliphatic rings. The standard InChI is InChI=1S/C29H30FN5O2.2ClH/c1-19(2)26-11-9-22(15-32-26)35(17-20-14-33-34(16-20)18-21-6-3-4-13-31-21)29(37)24-8-5-7-23-27(36)12-10-25(30)28(23)24;;/h3-4,6,9-16,19,24,36H,5,7-8,17-18H2,1-2H3;2*1H. The van der Waals surface area contributed by atoms with Crippen molar-refractivity contribution >= 4 is 36.4 Å². The van der Waals surface area contributed by atoms with E-state index >= 15 is 0 Å². The Morgan fingerprint density at radius 3 is 2.64 bits per heavy atom. The predicted molar refractivity (Wildman–Crippen MR) is 153 cm³/mol. The Kier molecular flexibility index (Phi) is 10.1. The van der Waals surface area contributed by atoms with Crippen molar-refractivity contribution in [2.45, 2.75) is 58.0 Å². The monoisotopic (exact) mass is 571 g/mol. The maximum Gasteiger partial charge on any atom is 0.235 e. The van der Waals surface area contributed by atoms with Gasteiger partial charge in [0.05, 0.1) is 42.8 Å². The van der Waals surface area contributed by atoms with Crippen LogP contribution in [-0.2, 0) is 24.3 Å². The fraction of sp³-hybridized carbons (Fsp3) is 0.310. The van der Waals surface area contributed by atoms with Gasteiger partial charge in [0.15, 0.2) is 0 Å². The highest BCUT2D eigenvalue weighted by Gasteiger charge is 2.34. The highest BCUT2D eigenvalue weighted by molar-refractivity contribution is 5.98. The lowest BCUT2D eigenvalue weighted by Crippen LogP contribution is -2.36. The number of fused-ring (bicyclic) bond motifs is 1. The van der Waals surface area contributed by atoms with Crippen molar-refractivity contribution in [1.29, 1.82) is 0 Å². The summed E-state index contributed by atoms with van der Waals surface area (Å²) in [7, 11) is 0. The molecule has 4 aromatic rings. The summed E-state index contributed by atoms with van der Waals surface area (Å²) in [6.45, 7) is 4.90. The molecule has 1 atom stereocenters. The van der Waals surface area contributed by atoms with Crippen LogP contribution in [0.2, 0.25) is 0 Å². The second kappa shape index (κ2) is 13.0. The van der Waals surface area contributed by atoms with Crippen LogP contribution in [0.15, 0.2) is 67.3 Å². The fourth-order valence-corrected chi connectivity index (χ4v) is 4.94. The van der Waals surface area contributed by atoms with Crippen molar-refractivity contribution in [3.8, 4) is 5.75 Å². The number of anilines is 1. The molecule has 0 fully saturated rings. The van der Waals surface area contributed by atoms with Crippen molar-refractivity contribution in [3.63, 3.8) is 0 Å². The van der Waals surface area contributed by atoms with Gasteiger partial charge < -0.3 is 10.0 Å². The number of hydrogen-bond acceptors (Lipinski definition) is 5. The Bertz CT molecular complexity index is 1400. The molecule has 0 spiro atoms. The van der Waals surface area contributed by atoms with Gasteiger partial charge in [0.25, 0.3) is 0 Å². The van der Waals surface area contributed by atoms with Crippen LogP contribution in [0.3, 0.4) is 0 Å². The van der Waals surface area contributed by atoms with Gasteiger partial charge in [-0.15, -0.1) is 24.8 Å². The van der Waals surface area contributed by atoms with Gasteiger partial charge in [-0.2, -0.15) is 5.10 Å². The van der Waals surface area contributed by atoms with E-state index in [0.717, 1.165) is 17.0 Å². The normalized spacial score (nSPS) is 14.2. The molecule has 206 valence electrons. The Balaban J connectivity index is 0.00000210. The minimum Gasteiger partial charge on any atom is -0.508 e. The van der Waals surface area contributed by atoms with Crippen LogP contribution in [0, 0.1) is 5.82 Å². The van der Waals surface area contributed by atoms with E-state index in [0.29, 0.717) is 42.6 Å². The largest absolute Gasteiger partial charge is 0.508 e. The molecule has 0 radical (unpaired) electrons. The molecule has 0 bridgehead atoms. The SMILES string of the molecule is CC(C)c1ccc(N(Cc2cnn(Cc3ccccn3)c2)C(=O)C2CCCc3c(O)ccc(F)c32)cn1.Cl.Cl. The summed E-state index contributed by atoms with van der Waals surface area (Å²) >= 11 is 0. The molecular weight excluding hydrogens is 540 g/mol. The summed E-state index contributed by atoms with van der Waals surface area (Å²) in [6, 6.07) is 12.1. The summed E-state index contributed by atoms with van der Waals surface area (Å²) in [4.78, 5) is 24.6. The number of carbonyl (C=O) groups is 1. The van der Waals surface area contributed by atoms with Crippen LogP contribution in [0.25, 0.3) is 0 Å². The van der Waals surface area contributed by atoms with E-state index < -0.39 is 11.7 Å². The third-order valence-electron chi connectivity index (χ3n) is 6.86. The van der Waals surface area contributed by atoms with E-state index in [1.807, 2.05) is 36.5 Å². The summed E-state index contributed by atoms with van der Waals surface area (Å²) in [5.41, 5.74) is 4.12. The summed E-state index contributed by atoms with van der Waals surface area (Å²) in [5, 5.41) is 14.8. The maximum atomic E-state index is 15.0. The summed E-state index contributed by atoms with van der Waals surface area (Å²) < 4.78 is 16.8. The lowest BCUT2D eigenvalue weighted by atomic mass is 9.81. The number of rotatable bonds is 7. The highest BCUT2D eigenvalue weighted by atomic mass is 35.5. The molecule has 39 heavy (non-hydrogen) atoms. The zero-order valence-electron chi connectivity index (χ0n) is 21.8. The number of amides is 1. The smallest absolute Gasteiger partial charge is 0.235 e. The van der Waals surface area contributed by atoms with Crippen LogP contribution in [-0.4, -0.2) is 30.8 Å². The zero-order valence-corrected chi connectivity index (χ0v) is 23.5. The number of pyridine rings is 2. The van der Waals surface area contributed by atoms with Crippen molar-refractivity contribution < 1.29 is 14.3 Å². The van der Waals surface area contributed by atoms with Crippen molar-refractivity contribution in [1.82, 2.24) is 19.7 Å². The first kappa shape index (κ1) is 30.1. The third-order valence-corrected chi connectivity index (χ3v) is 6.86. The Morgan fingerprint density at radius 2 is 1.95 bits per heavy atom. The Hall–Kier alpha value is -3.49. The van der Waals surface area contributed by atoms with Gasteiger partial charge in [-0.25, -0.2) is 4.39 Å². The van der Waals surface area contributed by atoms with E-state index in [4.69, 9.17) is 0 Å². The summed E-state index contributed by atoms with van der Waals surface area (Å²) in [5.74, 6) is -1.07. The van der Waals surface area contributed by atoms with Gasteiger partial charge in [0, 0.05) is 34.8 Å². The van der Waals surface area contributed by atoms with Gasteiger partial charge in [-0.05, 0) is 61.6 Å². The average Bonchev–Trinajstić information content (AvgIpc) is 3.36. The molecule has 1 aliphatic carbocycles. The molecule has 3 heterocycles. The molecule has 3 aromatic heterocycles. The topological polar surface area (TPSA) is 84.1 Å². The minimum absolute atomic E-state index is 0. The molecule has 1 N–H and O–H groups in total. The van der Waals surface area contributed by atoms with Crippen LogP contribution >= 0.6 is 24.8 Å².